The number of aromatic nitrogens is 1. The number of halogens is 1. The number of rotatable bonds is 4. The van der Waals surface area contributed by atoms with Crippen LogP contribution in [0.3, 0.4) is 0 Å². The highest BCUT2D eigenvalue weighted by molar-refractivity contribution is 6.33. The number of nitrogens with zero attached hydrogens (tertiary/aromatic N) is 2. The molecule has 1 aliphatic rings. The third kappa shape index (κ3) is 5.49. The van der Waals surface area contributed by atoms with Gasteiger partial charge in [-0.15, -0.1) is 0 Å². The van der Waals surface area contributed by atoms with E-state index in [9.17, 15) is 9.59 Å². The first-order valence-electron chi connectivity index (χ1n) is 8.35. The molecule has 0 saturated carbocycles. The van der Waals surface area contributed by atoms with Gasteiger partial charge in [-0.1, -0.05) is 32.4 Å². The number of nitrogens with one attached hydrogen (secondary N) is 2. The van der Waals surface area contributed by atoms with Gasteiger partial charge in [-0.05, 0) is 18.8 Å². The van der Waals surface area contributed by atoms with Crippen LogP contribution in [0.15, 0.2) is 12.3 Å². The molecule has 138 valence electrons. The maximum Gasteiger partial charge on any atom is 0.407 e. The second-order valence-electron chi connectivity index (χ2n) is 7.35. The van der Waals surface area contributed by atoms with E-state index in [0.717, 1.165) is 12.8 Å². The molecule has 2 rings (SSSR count). The van der Waals surface area contributed by atoms with Gasteiger partial charge in [-0.2, -0.15) is 0 Å². The Hall–Kier alpha value is -2.02. The van der Waals surface area contributed by atoms with Crippen LogP contribution in [0.4, 0.5) is 16.3 Å². The highest BCUT2D eigenvalue weighted by atomic mass is 35.5. The molecule has 1 saturated heterocycles. The van der Waals surface area contributed by atoms with Gasteiger partial charge in [0.05, 0.1) is 16.9 Å². The van der Waals surface area contributed by atoms with Gasteiger partial charge in [-0.25, -0.2) is 9.78 Å². The average Bonchev–Trinajstić information content (AvgIpc) is 2.54. The number of amides is 2. The number of piperidine rings is 1. The molecule has 2 heterocycles. The summed E-state index contributed by atoms with van der Waals surface area (Å²) in [6.07, 6.45) is 2.28. The molecule has 1 aliphatic heterocycles. The average molecular weight is 369 g/mol. The van der Waals surface area contributed by atoms with E-state index >= 15 is 0 Å². The number of carboxylic acid groups (broad SMARTS) is 1. The highest BCUT2D eigenvalue weighted by Gasteiger charge is 2.23. The molecule has 3 N–H and O–H groups in total. The predicted octanol–water partition coefficient (Wildman–Crippen LogP) is 3.52. The van der Waals surface area contributed by atoms with Crippen LogP contribution in [0.2, 0.25) is 5.02 Å². The van der Waals surface area contributed by atoms with Crippen LogP contribution >= 0.6 is 11.6 Å². The number of likely N-dealkylation sites (tertiary alicyclic amines) is 1. The zero-order chi connectivity index (χ0) is 18.6. The van der Waals surface area contributed by atoms with Crippen LogP contribution in [0.5, 0.6) is 0 Å². The van der Waals surface area contributed by atoms with Crippen molar-refractivity contribution in [3.05, 3.63) is 17.3 Å². The normalized spacial score (nSPS) is 15.8. The summed E-state index contributed by atoms with van der Waals surface area (Å²) in [4.78, 5) is 28.6. The summed E-state index contributed by atoms with van der Waals surface area (Å²) in [5.74, 6) is 0.717. The standard InChI is InChI=1S/C17H25ClN4O3/c1-17(2,3)15(23)21-14-8-13(12(18)10-20-14)19-9-11-4-6-22(7-5-11)16(24)25/h8,10-11H,4-7,9H2,1-3H3,(H,24,25)(H2,19,20,21,23). The summed E-state index contributed by atoms with van der Waals surface area (Å²) >= 11 is 6.18. The molecule has 0 atom stereocenters. The first kappa shape index (κ1) is 19.3. The first-order chi connectivity index (χ1) is 11.7. The molecule has 0 spiro atoms. The lowest BCUT2D eigenvalue weighted by Gasteiger charge is -2.30. The molecule has 1 fully saturated rings. The van der Waals surface area contributed by atoms with Crippen LogP contribution in [0, 0.1) is 11.3 Å². The molecular weight excluding hydrogens is 344 g/mol. The smallest absolute Gasteiger partial charge is 0.407 e. The monoisotopic (exact) mass is 368 g/mol. The van der Waals surface area contributed by atoms with Crippen LogP contribution in [0.25, 0.3) is 0 Å². The third-order valence-corrected chi connectivity index (χ3v) is 4.55. The van der Waals surface area contributed by atoms with E-state index in [0.29, 0.717) is 42.1 Å². The lowest BCUT2D eigenvalue weighted by atomic mass is 9.96. The van der Waals surface area contributed by atoms with Gasteiger partial charge >= 0.3 is 6.09 Å². The molecule has 0 unspecified atom stereocenters. The zero-order valence-electron chi connectivity index (χ0n) is 14.8. The van der Waals surface area contributed by atoms with E-state index in [1.807, 2.05) is 20.8 Å². The number of hydrogen-bond acceptors (Lipinski definition) is 4. The van der Waals surface area contributed by atoms with Gasteiger partial charge < -0.3 is 20.6 Å². The van der Waals surface area contributed by atoms with Gasteiger partial charge in [-0.3, -0.25) is 4.79 Å². The molecule has 0 aliphatic carbocycles. The number of anilines is 2. The summed E-state index contributed by atoms with van der Waals surface area (Å²) < 4.78 is 0. The van der Waals surface area contributed by atoms with Gasteiger partial charge in [0.25, 0.3) is 0 Å². The minimum atomic E-state index is -0.859. The Morgan fingerprint density at radius 1 is 1.36 bits per heavy atom. The quantitative estimate of drug-likeness (QED) is 0.755. The number of carbonyl (C=O) groups is 2. The van der Waals surface area contributed by atoms with Gasteiger partial charge in [0.15, 0.2) is 0 Å². The zero-order valence-corrected chi connectivity index (χ0v) is 15.6. The summed E-state index contributed by atoms with van der Waals surface area (Å²) in [5.41, 5.74) is 0.203. The Labute approximate surface area is 152 Å². The largest absolute Gasteiger partial charge is 0.465 e. The Balaban J connectivity index is 1.93. The molecule has 0 aromatic carbocycles. The lowest BCUT2D eigenvalue weighted by molar-refractivity contribution is -0.123. The van der Waals surface area contributed by atoms with Crippen molar-refractivity contribution in [3.8, 4) is 0 Å². The molecule has 25 heavy (non-hydrogen) atoms. The maximum absolute atomic E-state index is 12.1. The minimum absolute atomic E-state index is 0.116. The second kappa shape index (κ2) is 7.91. The molecule has 1 aromatic rings. The van der Waals surface area contributed by atoms with Crippen molar-refractivity contribution in [2.75, 3.05) is 30.3 Å². The Morgan fingerprint density at radius 3 is 2.56 bits per heavy atom. The molecule has 7 nitrogen and oxygen atoms in total. The van der Waals surface area contributed by atoms with Crippen LogP contribution in [0.1, 0.15) is 33.6 Å². The SMILES string of the molecule is CC(C)(C)C(=O)Nc1cc(NCC2CCN(C(=O)O)CC2)c(Cl)cn1. The summed E-state index contributed by atoms with van der Waals surface area (Å²) in [5, 5.41) is 15.5. The highest BCUT2D eigenvalue weighted by Crippen LogP contribution is 2.26. The van der Waals surface area contributed by atoms with Crippen molar-refractivity contribution in [1.82, 2.24) is 9.88 Å². The second-order valence-corrected chi connectivity index (χ2v) is 7.75. The summed E-state index contributed by atoms with van der Waals surface area (Å²) in [6, 6.07) is 1.72. The van der Waals surface area contributed by atoms with Gasteiger partial charge in [0, 0.05) is 31.1 Å². The van der Waals surface area contributed by atoms with Crippen molar-refractivity contribution in [1.29, 1.82) is 0 Å². The van der Waals surface area contributed by atoms with Crippen molar-refractivity contribution < 1.29 is 14.7 Å². The third-order valence-electron chi connectivity index (χ3n) is 4.24. The van der Waals surface area contributed by atoms with Crippen molar-refractivity contribution in [2.45, 2.75) is 33.6 Å². The number of carbonyl (C=O) groups excluding carboxylic acids is 1. The van der Waals surface area contributed by atoms with E-state index in [4.69, 9.17) is 16.7 Å². The van der Waals surface area contributed by atoms with E-state index in [-0.39, 0.29) is 5.91 Å². The molecule has 2 amide bonds. The maximum atomic E-state index is 12.1. The van der Waals surface area contributed by atoms with E-state index in [1.54, 1.807) is 6.07 Å². The van der Waals surface area contributed by atoms with Gasteiger partial charge in [0.1, 0.15) is 5.82 Å². The molecule has 1 aromatic heterocycles. The topological polar surface area (TPSA) is 94.6 Å². The molecule has 8 heteroatoms. The Bertz CT molecular complexity index is 637. The molecule has 0 bridgehead atoms. The lowest BCUT2D eigenvalue weighted by Crippen LogP contribution is -2.39. The number of pyridine rings is 1. The summed E-state index contributed by atoms with van der Waals surface area (Å²) in [7, 11) is 0. The summed E-state index contributed by atoms with van der Waals surface area (Å²) in [6.45, 7) is 7.31. The number of hydrogen-bond donors (Lipinski definition) is 3. The van der Waals surface area contributed by atoms with E-state index in [1.165, 1.54) is 11.1 Å². The van der Waals surface area contributed by atoms with Crippen molar-refractivity contribution >= 4 is 35.1 Å². The molecule has 0 radical (unpaired) electrons. The van der Waals surface area contributed by atoms with Crippen LogP contribution in [-0.4, -0.2) is 46.6 Å². The molecular formula is C17H25ClN4O3. The Morgan fingerprint density at radius 2 is 2.00 bits per heavy atom. The minimum Gasteiger partial charge on any atom is -0.465 e. The van der Waals surface area contributed by atoms with Crippen LogP contribution in [-0.2, 0) is 4.79 Å². The van der Waals surface area contributed by atoms with E-state index in [2.05, 4.69) is 15.6 Å². The van der Waals surface area contributed by atoms with Crippen LogP contribution < -0.4 is 10.6 Å². The fourth-order valence-electron chi connectivity index (χ4n) is 2.53. The van der Waals surface area contributed by atoms with E-state index < -0.39 is 11.5 Å². The van der Waals surface area contributed by atoms with Crippen molar-refractivity contribution in [3.63, 3.8) is 0 Å². The van der Waals surface area contributed by atoms with Gasteiger partial charge in [0.2, 0.25) is 5.91 Å². The Kier molecular flexibility index (Phi) is 6.11. The fourth-order valence-corrected chi connectivity index (χ4v) is 2.70. The van der Waals surface area contributed by atoms with Crippen molar-refractivity contribution in [2.24, 2.45) is 11.3 Å². The predicted molar refractivity (Wildman–Crippen MR) is 98.1 cm³/mol. The fraction of sp³-hybridized carbons (Fsp3) is 0.588. The first-order valence-corrected chi connectivity index (χ1v) is 8.73.